The van der Waals surface area contributed by atoms with Crippen LogP contribution < -0.4 is 17.1 Å². The summed E-state index contributed by atoms with van der Waals surface area (Å²) in [5.41, 5.74) is -9.12. The molecule has 34 heavy (non-hydrogen) atoms. The molecular weight excluding hydrogens is 550 g/mol. The van der Waals surface area contributed by atoms with Crippen LogP contribution in [0.1, 0.15) is 0 Å². The highest BCUT2D eigenvalue weighted by Gasteiger charge is 2.46. The van der Waals surface area contributed by atoms with Gasteiger partial charge in [0.05, 0.1) is 25.5 Å². The van der Waals surface area contributed by atoms with Gasteiger partial charge in [-0.15, -0.1) is 0 Å². The largest absolute Gasteiger partial charge is 0.501 e. The lowest BCUT2D eigenvalue weighted by Crippen LogP contribution is -2.47. The number of nitrogens with one attached hydrogen (secondary N) is 1. The third kappa shape index (κ3) is 4.19. The van der Waals surface area contributed by atoms with Gasteiger partial charge in [0.15, 0.2) is 0 Å². The monoisotopic (exact) mass is 559 g/mol. The van der Waals surface area contributed by atoms with Gasteiger partial charge in [-0.1, -0.05) is 23.2 Å². The molecule has 0 atom stereocenters. The summed E-state index contributed by atoms with van der Waals surface area (Å²) < 4.78 is 88.0. The molecule has 17 heteroatoms. The van der Waals surface area contributed by atoms with E-state index in [1.807, 2.05) is 4.98 Å². The molecule has 1 aromatic heterocycles. The molecule has 0 bridgehead atoms. The second-order valence-corrected chi connectivity index (χ2v) is 11.2. The first-order valence-electron chi connectivity index (χ1n) is 8.58. The number of benzene rings is 2. The molecule has 182 valence electrons. The number of aromatic nitrogens is 3. The molecule has 0 aliphatic carbocycles. The Hall–Kier alpha value is -2.88. The van der Waals surface area contributed by atoms with Gasteiger partial charge in [-0.25, -0.2) is 40.4 Å². The fraction of sp³-hybridized carbons (Fsp3) is 0.118. The molecule has 10 nitrogen and oxygen atoms in total. The standard InChI is InChI=1S/C17H10Cl2F3N3O7S2/c1-24-14(26)23-15(27)25(16(24)28)8-6-11(18)13(12(19)7-8)33(29,30)9-2-4-10(5-3-9)34(31,32)17(20,21)22/h2-7H,1H3,(H,23,26,27). The lowest BCUT2D eigenvalue weighted by Gasteiger charge is -2.13. The molecule has 0 saturated heterocycles. The molecule has 0 amide bonds. The van der Waals surface area contributed by atoms with Crippen molar-refractivity contribution in [1.29, 1.82) is 0 Å². The molecule has 3 rings (SSSR count). The van der Waals surface area contributed by atoms with E-state index in [1.165, 1.54) is 0 Å². The van der Waals surface area contributed by atoms with Gasteiger partial charge < -0.3 is 0 Å². The smallest absolute Gasteiger partial charge is 0.258 e. The second kappa shape index (κ2) is 8.41. The molecule has 2 aromatic carbocycles. The van der Waals surface area contributed by atoms with Gasteiger partial charge in [0.2, 0.25) is 9.84 Å². The van der Waals surface area contributed by atoms with Crippen molar-refractivity contribution >= 4 is 42.9 Å². The van der Waals surface area contributed by atoms with Crippen LogP contribution in [0.5, 0.6) is 0 Å². The molecule has 0 aliphatic rings. The molecular formula is C17H10Cl2F3N3O7S2. The number of rotatable bonds is 4. The normalized spacial score (nSPS) is 12.6. The van der Waals surface area contributed by atoms with Crippen LogP contribution in [-0.4, -0.2) is 36.5 Å². The van der Waals surface area contributed by atoms with Gasteiger partial charge in [0.1, 0.15) is 4.90 Å². The van der Waals surface area contributed by atoms with Gasteiger partial charge >= 0.3 is 22.6 Å². The van der Waals surface area contributed by atoms with Crippen LogP contribution >= 0.6 is 23.2 Å². The summed E-state index contributed by atoms with van der Waals surface area (Å²) in [5, 5.41) is -1.15. The van der Waals surface area contributed by atoms with E-state index in [9.17, 15) is 44.4 Å². The predicted molar refractivity (Wildman–Crippen MR) is 113 cm³/mol. The molecule has 0 unspecified atom stereocenters. The number of hydrogen-bond donors (Lipinski definition) is 1. The molecule has 1 heterocycles. The lowest BCUT2D eigenvalue weighted by molar-refractivity contribution is -0.0436. The number of nitrogens with zero attached hydrogens (tertiary/aromatic N) is 2. The Morgan fingerprint density at radius 1 is 0.853 bits per heavy atom. The van der Waals surface area contributed by atoms with Gasteiger partial charge in [0.25, 0.3) is 9.84 Å². The summed E-state index contributed by atoms with van der Waals surface area (Å²) in [7, 11) is -9.24. The van der Waals surface area contributed by atoms with Gasteiger partial charge in [0, 0.05) is 7.05 Å². The topological polar surface area (TPSA) is 145 Å². The highest BCUT2D eigenvalue weighted by Crippen LogP contribution is 2.36. The summed E-state index contributed by atoms with van der Waals surface area (Å²) in [4.78, 5) is 35.2. The van der Waals surface area contributed by atoms with Crippen LogP contribution in [0.2, 0.25) is 10.0 Å². The fourth-order valence-electron chi connectivity index (χ4n) is 2.76. The van der Waals surface area contributed by atoms with E-state index in [2.05, 4.69) is 0 Å². The number of aromatic amines is 1. The Morgan fingerprint density at radius 2 is 1.32 bits per heavy atom. The summed E-state index contributed by atoms with van der Waals surface area (Å²) in [6, 6.07) is 3.94. The lowest BCUT2D eigenvalue weighted by atomic mass is 10.3. The third-order valence-electron chi connectivity index (χ3n) is 4.46. The first-order valence-corrected chi connectivity index (χ1v) is 12.3. The maximum absolute atomic E-state index is 13.0. The summed E-state index contributed by atoms with van der Waals surface area (Å²) in [6.45, 7) is 0. The Labute approximate surface area is 197 Å². The van der Waals surface area contributed by atoms with E-state index < -0.39 is 67.0 Å². The van der Waals surface area contributed by atoms with E-state index in [-0.39, 0.29) is 5.69 Å². The number of H-pyrrole nitrogens is 1. The maximum atomic E-state index is 13.0. The number of alkyl halides is 3. The maximum Gasteiger partial charge on any atom is 0.501 e. The molecule has 0 saturated carbocycles. The van der Waals surface area contributed by atoms with Crippen LogP contribution in [0, 0.1) is 0 Å². The quantitative estimate of drug-likeness (QED) is 0.511. The molecule has 0 fully saturated rings. The Morgan fingerprint density at radius 3 is 1.79 bits per heavy atom. The van der Waals surface area contributed by atoms with Crippen molar-refractivity contribution in [1.82, 2.24) is 14.1 Å². The minimum Gasteiger partial charge on any atom is -0.258 e. The predicted octanol–water partition coefficient (Wildman–Crippen LogP) is 1.66. The van der Waals surface area contributed by atoms with Crippen molar-refractivity contribution < 1.29 is 30.0 Å². The van der Waals surface area contributed by atoms with Crippen molar-refractivity contribution in [2.45, 2.75) is 20.2 Å². The number of hydrogen-bond acceptors (Lipinski definition) is 7. The summed E-state index contributed by atoms with van der Waals surface area (Å²) >= 11 is 12.1. The number of halogens is 5. The van der Waals surface area contributed by atoms with Crippen LogP contribution in [0.4, 0.5) is 13.2 Å². The Bertz CT molecular complexity index is 1680. The average molecular weight is 560 g/mol. The first kappa shape index (κ1) is 25.7. The summed E-state index contributed by atoms with van der Waals surface area (Å²) in [5.74, 6) is 0. The minimum atomic E-state index is -5.71. The van der Waals surface area contributed by atoms with Crippen LogP contribution in [0.25, 0.3) is 5.69 Å². The van der Waals surface area contributed by atoms with Crippen molar-refractivity contribution in [2.75, 3.05) is 0 Å². The highest BCUT2D eigenvalue weighted by atomic mass is 35.5. The van der Waals surface area contributed by atoms with Crippen molar-refractivity contribution in [3.8, 4) is 5.69 Å². The fourth-order valence-corrected chi connectivity index (χ4v) is 5.97. The highest BCUT2D eigenvalue weighted by molar-refractivity contribution is 7.92. The van der Waals surface area contributed by atoms with Gasteiger partial charge in [-0.2, -0.15) is 13.2 Å². The second-order valence-electron chi connectivity index (χ2n) is 6.57. The van der Waals surface area contributed by atoms with Crippen LogP contribution in [0.15, 0.2) is 65.5 Å². The van der Waals surface area contributed by atoms with Gasteiger partial charge in [-0.05, 0) is 36.4 Å². The van der Waals surface area contributed by atoms with E-state index in [1.54, 1.807) is 0 Å². The van der Waals surface area contributed by atoms with Crippen molar-refractivity contribution in [3.63, 3.8) is 0 Å². The average Bonchev–Trinajstić information content (AvgIpc) is 2.70. The zero-order valence-electron chi connectivity index (χ0n) is 16.4. The first-order chi connectivity index (χ1) is 15.5. The van der Waals surface area contributed by atoms with Crippen LogP contribution in [0.3, 0.4) is 0 Å². The summed E-state index contributed by atoms with van der Waals surface area (Å²) in [6.07, 6.45) is 0. The van der Waals surface area contributed by atoms with E-state index in [0.717, 1.165) is 19.2 Å². The Kier molecular flexibility index (Phi) is 6.36. The van der Waals surface area contributed by atoms with E-state index in [4.69, 9.17) is 23.2 Å². The van der Waals surface area contributed by atoms with E-state index in [0.29, 0.717) is 33.4 Å². The molecule has 0 radical (unpaired) electrons. The molecule has 0 spiro atoms. The SMILES string of the molecule is Cn1c(=O)[nH]c(=O)n(-c2cc(Cl)c(S(=O)(=O)c3ccc(S(=O)(=O)C(F)(F)F)cc3)c(Cl)c2)c1=O. The Balaban J connectivity index is 2.15. The van der Waals surface area contributed by atoms with Crippen molar-refractivity contribution in [3.05, 3.63) is 77.9 Å². The minimum absolute atomic E-state index is 0.289. The van der Waals surface area contributed by atoms with Crippen molar-refractivity contribution in [2.24, 2.45) is 7.05 Å². The molecule has 0 aliphatic heterocycles. The van der Waals surface area contributed by atoms with Gasteiger partial charge in [-0.3, -0.25) is 4.98 Å². The zero-order valence-corrected chi connectivity index (χ0v) is 19.6. The molecule has 1 N–H and O–H groups in total. The van der Waals surface area contributed by atoms with E-state index >= 15 is 0 Å². The molecule has 3 aromatic rings. The third-order valence-corrected chi connectivity index (χ3v) is 8.65. The zero-order chi connectivity index (χ0) is 25.8. The number of sulfone groups is 2. The van der Waals surface area contributed by atoms with Crippen LogP contribution in [-0.2, 0) is 26.7 Å².